The molecule has 0 radical (unpaired) electrons. The van der Waals surface area contributed by atoms with Gasteiger partial charge in [0.15, 0.2) is 0 Å². The van der Waals surface area contributed by atoms with Crippen LogP contribution in [0.2, 0.25) is 5.02 Å². The second kappa shape index (κ2) is 4.65. The molecular weight excluding hydrogens is 186 g/mol. The third kappa shape index (κ3) is 2.73. The first-order valence-corrected chi connectivity index (χ1v) is 4.58. The van der Waals surface area contributed by atoms with E-state index < -0.39 is 7.12 Å². The summed E-state index contributed by atoms with van der Waals surface area (Å²) in [5.41, 5.74) is 1.68. The molecule has 0 spiro atoms. The Kier molecular flexibility index (Phi) is 3.79. The van der Waals surface area contributed by atoms with Crippen LogP contribution in [-0.2, 0) is 4.65 Å². The number of benzene rings is 1. The van der Waals surface area contributed by atoms with Gasteiger partial charge in [0.05, 0.1) is 0 Å². The van der Waals surface area contributed by atoms with Crippen LogP contribution >= 0.6 is 11.6 Å². The van der Waals surface area contributed by atoms with Crippen molar-refractivity contribution < 1.29 is 9.68 Å². The molecule has 0 amide bonds. The highest BCUT2D eigenvalue weighted by Gasteiger charge is 2.15. The molecule has 70 valence electrons. The van der Waals surface area contributed by atoms with Gasteiger partial charge in [-0.15, -0.1) is 0 Å². The lowest BCUT2D eigenvalue weighted by Crippen LogP contribution is -2.33. The lowest BCUT2D eigenvalue weighted by atomic mass is 9.79. The Labute approximate surface area is 83.6 Å². The van der Waals surface area contributed by atoms with Crippen molar-refractivity contribution in [3.05, 3.63) is 28.8 Å². The van der Waals surface area contributed by atoms with Crippen LogP contribution in [0.3, 0.4) is 0 Å². The van der Waals surface area contributed by atoms with Crippen molar-refractivity contribution in [2.75, 3.05) is 6.61 Å². The van der Waals surface area contributed by atoms with Gasteiger partial charge in [0, 0.05) is 11.6 Å². The highest BCUT2D eigenvalue weighted by molar-refractivity contribution is 6.60. The van der Waals surface area contributed by atoms with E-state index in [-0.39, 0.29) is 0 Å². The zero-order valence-electron chi connectivity index (χ0n) is 7.75. The van der Waals surface area contributed by atoms with Crippen molar-refractivity contribution in [2.24, 2.45) is 0 Å². The summed E-state index contributed by atoms with van der Waals surface area (Å²) in [4.78, 5) is 0. The summed E-state index contributed by atoms with van der Waals surface area (Å²) >= 11 is 5.84. The molecule has 0 saturated heterocycles. The summed E-state index contributed by atoms with van der Waals surface area (Å²) < 4.78 is 5.04. The van der Waals surface area contributed by atoms with Gasteiger partial charge < -0.3 is 9.68 Å². The molecule has 1 rings (SSSR count). The first-order chi connectivity index (χ1) is 6.15. The van der Waals surface area contributed by atoms with Crippen LogP contribution in [0.15, 0.2) is 18.2 Å². The van der Waals surface area contributed by atoms with Gasteiger partial charge in [0.2, 0.25) is 0 Å². The van der Waals surface area contributed by atoms with E-state index in [4.69, 9.17) is 16.3 Å². The summed E-state index contributed by atoms with van der Waals surface area (Å²) in [6.07, 6.45) is 0. The highest BCUT2D eigenvalue weighted by atomic mass is 35.5. The SMILES string of the molecule is CCOB(O)c1ccc(Cl)c(C)c1. The monoisotopic (exact) mass is 198 g/mol. The van der Waals surface area contributed by atoms with E-state index in [1.165, 1.54) is 0 Å². The average molecular weight is 198 g/mol. The predicted molar refractivity (Wildman–Crippen MR) is 55.4 cm³/mol. The zero-order valence-corrected chi connectivity index (χ0v) is 8.51. The Hall–Kier alpha value is -0.505. The van der Waals surface area contributed by atoms with Gasteiger partial charge in [-0.1, -0.05) is 23.7 Å². The lowest BCUT2D eigenvalue weighted by molar-refractivity contribution is 0.287. The molecular formula is C9H12BClO2. The van der Waals surface area contributed by atoms with Crippen molar-refractivity contribution in [1.29, 1.82) is 0 Å². The number of rotatable bonds is 3. The summed E-state index contributed by atoms with van der Waals surface area (Å²) in [5, 5.41) is 10.2. The fourth-order valence-electron chi connectivity index (χ4n) is 1.08. The van der Waals surface area contributed by atoms with E-state index in [0.717, 1.165) is 11.0 Å². The van der Waals surface area contributed by atoms with E-state index in [1.807, 2.05) is 19.9 Å². The molecule has 1 aromatic carbocycles. The minimum Gasteiger partial charge on any atom is -0.423 e. The smallest absolute Gasteiger partial charge is 0.423 e. The Morgan fingerprint density at radius 1 is 1.54 bits per heavy atom. The van der Waals surface area contributed by atoms with Crippen LogP contribution in [0, 0.1) is 6.92 Å². The number of aryl methyl sites for hydroxylation is 1. The fraction of sp³-hybridized carbons (Fsp3) is 0.333. The van der Waals surface area contributed by atoms with Crippen molar-refractivity contribution in [2.45, 2.75) is 13.8 Å². The molecule has 0 aliphatic carbocycles. The van der Waals surface area contributed by atoms with Crippen LogP contribution in [0.4, 0.5) is 0 Å². The van der Waals surface area contributed by atoms with Gasteiger partial charge in [-0.3, -0.25) is 0 Å². The minimum absolute atomic E-state index is 0.489. The third-order valence-corrected chi connectivity index (χ3v) is 2.22. The molecule has 0 aromatic heterocycles. The van der Waals surface area contributed by atoms with Gasteiger partial charge in [-0.2, -0.15) is 0 Å². The Balaban J connectivity index is 2.84. The Bertz CT molecular complexity index is 291. The maximum Gasteiger partial charge on any atom is 0.491 e. The van der Waals surface area contributed by atoms with Gasteiger partial charge in [0.25, 0.3) is 0 Å². The summed E-state index contributed by atoms with van der Waals surface area (Å²) in [7, 11) is -0.846. The van der Waals surface area contributed by atoms with Gasteiger partial charge in [-0.25, -0.2) is 0 Å². The average Bonchev–Trinajstić information content (AvgIpc) is 2.10. The quantitative estimate of drug-likeness (QED) is 0.744. The normalized spacial score (nSPS) is 10.2. The maximum absolute atomic E-state index is 9.47. The fourth-order valence-corrected chi connectivity index (χ4v) is 1.19. The van der Waals surface area contributed by atoms with Crippen molar-refractivity contribution >= 4 is 24.2 Å². The topological polar surface area (TPSA) is 29.5 Å². The van der Waals surface area contributed by atoms with Crippen LogP contribution < -0.4 is 5.46 Å². The molecule has 0 aliphatic rings. The molecule has 0 saturated carbocycles. The van der Waals surface area contributed by atoms with Crippen LogP contribution in [0.1, 0.15) is 12.5 Å². The molecule has 0 unspecified atom stereocenters. The molecule has 1 N–H and O–H groups in total. The molecule has 0 atom stereocenters. The van der Waals surface area contributed by atoms with E-state index >= 15 is 0 Å². The Morgan fingerprint density at radius 3 is 2.77 bits per heavy atom. The van der Waals surface area contributed by atoms with Crippen molar-refractivity contribution in [1.82, 2.24) is 0 Å². The minimum atomic E-state index is -0.846. The third-order valence-electron chi connectivity index (χ3n) is 1.79. The van der Waals surface area contributed by atoms with Gasteiger partial charge in [0.1, 0.15) is 0 Å². The molecule has 13 heavy (non-hydrogen) atoms. The van der Waals surface area contributed by atoms with E-state index in [9.17, 15) is 5.02 Å². The summed E-state index contributed by atoms with van der Waals surface area (Å²) in [5.74, 6) is 0. The standard InChI is InChI=1S/C9H12BClO2/c1-3-13-10(12)8-4-5-9(11)7(2)6-8/h4-6,12H,3H2,1-2H3. The van der Waals surface area contributed by atoms with E-state index in [0.29, 0.717) is 11.6 Å². The molecule has 4 heteroatoms. The zero-order chi connectivity index (χ0) is 9.84. The first-order valence-electron chi connectivity index (χ1n) is 4.21. The van der Waals surface area contributed by atoms with E-state index in [2.05, 4.69) is 0 Å². The van der Waals surface area contributed by atoms with Gasteiger partial charge in [-0.05, 0) is 30.9 Å². The number of hydrogen-bond acceptors (Lipinski definition) is 2. The van der Waals surface area contributed by atoms with Gasteiger partial charge >= 0.3 is 7.12 Å². The molecule has 2 nitrogen and oxygen atoms in total. The molecule has 0 fully saturated rings. The molecule has 0 bridgehead atoms. The Morgan fingerprint density at radius 2 is 2.23 bits per heavy atom. The summed E-state index contributed by atoms with van der Waals surface area (Å²) in [6, 6.07) is 5.34. The predicted octanol–water partition coefficient (Wildman–Crippen LogP) is 1.37. The first kappa shape index (κ1) is 10.6. The molecule has 0 heterocycles. The second-order valence-electron chi connectivity index (χ2n) is 2.82. The second-order valence-corrected chi connectivity index (χ2v) is 3.22. The van der Waals surface area contributed by atoms with E-state index in [1.54, 1.807) is 12.1 Å². The van der Waals surface area contributed by atoms with Crippen LogP contribution in [0.5, 0.6) is 0 Å². The van der Waals surface area contributed by atoms with Crippen molar-refractivity contribution in [3.63, 3.8) is 0 Å². The van der Waals surface area contributed by atoms with Crippen LogP contribution in [0.25, 0.3) is 0 Å². The lowest BCUT2D eigenvalue weighted by Gasteiger charge is -2.07. The largest absolute Gasteiger partial charge is 0.491 e. The highest BCUT2D eigenvalue weighted by Crippen LogP contribution is 2.11. The number of halogens is 1. The molecule has 0 aliphatic heterocycles. The van der Waals surface area contributed by atoms with Crippen LogP contribution in [-0.4, -0.2) is 18.7 Å². The maximum atomic E-state index is 9.47. The number of hydrogen-bond donors (Lipinski definition) is 1. The summed E-state index contributed by atoms with van der Waals surface area (Å²) in [6.45, 7) is 4.22. The van der Waals surface area contributed by atoms with Crippen molar-refractivity contribution in [3.8, 4) is 0 Å². The molecule has 1 aromatic rings.